The van der Waals surface area contributed by atoms with Gasteiger partial charge in [-0.3, -0.25) is 18.6 Å². The van der Waals surface area contributed by atoms with Gasteiger partial charge in [-0.25, -0.2) is 4.57 Å². The molecule has 10 heteroatoms. The minimum Gasteiger partial charge on any atom is -0.462 e. The van der Waals surface area contributed by atoms with Crippen molar-refractivity contribution in [2.24, 2.45) is 5.73 Å². The molecule has 0 aromatic heterocycles. The lowest BCUT2D eigenvalue weighted by molar-refractivity contribution is -0.161. The molecule has 0 fully saturated rings. The van der Waals surface area contributed by atoms with Gasteiger partial charge >= 0.3 is 19.8 Å². The monoisotopic (exact) mass is 669 g/mol. The first kappa shape index (κ1) is 44.0. The van der Waals surface area contributed by atoms with E-state index in [4.69, 9.17) is 24.3 Å². The van der Waals surface area contributed by atoms with Crippen molar-refractivity contribution in [3.63, 3.8) is 0 Å². The number of allylic oxidation sites excluding steroid dienone is 8. The number of carbonyl (C=O) groups is 2. The average molecular weight is 670 g/mol. The van der Waals surface area contributed by atoms with E-state index in [0.717, 1.165) is 57.8 Å². The molecule has 0 aromatic rings. The summed E-state index contributed by atoms with van der Waals surface area (Å²) in [5.41, 5.74) is 5.32. The van der Waals surface area contributed by atoms with Gasteiger partial charge in [0.1, 0.15) is 6.61 Å². The largest absolute Gasteiger partial charge is 0.472 e. The Morgan fingerprint density at radius 3 is 1.78 bits per heavy atom. The van der Waals surface area contributed by atoms with Crippen molar-refractivity contribution in [3.05, 3.63) is 48.6 Å². The van der Waals surface area contributed by atoms with Crippen LogP contribution in [-0.2, 0) is 32.7 Å². The van der Waals surface area contributed by atoms with E-state index in [1.165, 1.54) is 44.9 Å². The summed E-state index contributed by atoms with van der Waals surface area (Å²) < 4.78 is 32.5. The molecule has 0 rings (SSSR count). The van der Waals surface area contributed by atoms with Crippen LogP contribution in [0, 0.1) is 0 Å². The molecule has 1 unspecified atom stereocenters. The van der Waals surface area contributed by atoms with Crippen LogP contribution in [0.5, 0.6) is 0 Å². The molecule has 0 saturated carbocycles. The van der Waals surface area contributed by atoms with Crippen molar-refractivity contribution in [1.82, 2.24) is 0 Å². The molecule has 0 amide bonds. The van der Waals surface area contributed by atoms with Crippen LogP contribution in [0.3, 0.4) is 0 Å². The molecule has 0 radical (unpaired) electrons. The summed E-state index contributed by atoms with van der Waals surface area (Å²) in [4.78, 5) is 34.6. The smallest absolute Gasteiger partial charge is 0.462 e. The van der Waals surface area contributed by atoms with Gasteiger partial charge in [0.25, 0.3) is 0 Å². The molecule has 266 valence electrons. The maximum Gasteiger partial charge on any atom is 0.472 e. The summed E-state index contributed by atoms with van der Waals surface area (Å²) in [7, 11) is -4.37. The third kappa shape index (κ3) is 31.9. The molecule has 0 aliphatic rings. The van der Waals surface area contributed by atoms with Gasteiger partial charge in [0.15, 0.2) is 6.10 Å². The number of carbonyl (C=O) groups excluding carboxylic acids is 2. The molecule has 0 saturated heterocycles. The summed E-state index contributed by atoms with van der Waals surface area (Å²) in [5, 5.41) is 0. The van der Waals surface area contributed by atoms with Crippen LogP contribution in [0.4, 0.5) is 0 Å². The van der Waals surface area contributed by atoms with Gasteiger partial charge in [0, 0.05) is 19.4 Å². The first-order chi connectivity index (χ1) is 22.3. The van der Waals surface area contributed by atoms with E-state index in [1.807, 2.05) is 30.4 Å². The molecule has 2 atom stereocenters. The molecule has 0 heterocycles. The minimum atomic E-state index is -4.37. The second-order valence-corrected chi connectivity index (χ2v) is 12.9. The maximum absolute atomic E-state index is 12.5. The lowest BCUT2D eigenvalue weighted by Crippen LogP contribution is -2.29. The lowest BCUT2D eigenvalue weighted by atomic mass is 10.1. The van der Waals surface area contributed by atoms with Crippen LogP contribution >= 0.6 is 7.82 Å². The van der Waals surface area contributed by atoms with E-state index in [1.54, 1.807) is 0 Å². The van der Waals surface area contributed by atoms with Gasteiger partial charge in [-0.15, -0.1) is 0 Å². The summed E-state index contributed by atoms with van der Waals surface area (Å²) in [6.45, 7) is 3.52. The molecule has 0 bridgehead atoms. The van der Waals surface area contributed by atoms with E-state index < -0.39 is 32.5 Å². The number of hydrogen-bond donors (Lipinski definition) is 2. The standard InChI is InChI=1S/C36H64NO8P/c1-3-5-7-9-11-13-15-16-17-18-19-21-23-25-27-29-36(39)45-34(33-44-46(40,41)43-31-30-37)32-42-35(38)28-26-24-22-20-14-12-10-8-6-4-2/h5,7,9,11,13,15-17,34H,3-4,6,8,10,12,14,18-33,37H2,1-2H3,(H,40,41)/b7-5+,11-9+,15-13+,17-16+/t34-/m1/s1. The number of ether oxygens (including phenoxy) is 2. The van der Waals surface area contributed by atoms with Crippen molar-refractivity contribution in [2.75, 3.05) is 26.4 Å². The third-order valence-electron chi connectivity index (χ3n) is 7.07. The highest BCUT2D eigenvalue weighted by molar-refractivity contribution is 7.47. The normalized spacial score (nSPS) is 14.1. The number of phosphoric acid groups is 1. The van der Waals surface area contributed by atoms with Crippen molar-refractivity contribution < 1.29 is 37.6 Å². The predicted molar refractivity (Wildman–Crippen MR) is 187 cm³/mol. The molecule has 0 aliphatic heterocycles. The van der Waals surface area contributed by atoms with Crippen LogP contribution < -0.4 is 5.73 Å². The number of nitrogens with two attached hydrogens (primary N) is 1. The van der Waals surface area contributed by atoms with Crippen LogP contribution in [0.15, 0.2) is 48.6 Å². The van der Waals surface area contributed by atoms with Gasteiger partial charge < -0.3 is 20.1 Å². The molecule has 0 aliphatic carbocycles. The summed E-state index contributed by atoms with van der Waals surface area (Å²) in [5.74, 6) is -0.862. The predicted octanol–water partition coefficient (Wildman–Crippen LogP) is 9.21. The highest BCUT2D eigenvalue weighted by atomic mass is 31.2. The molecule has 46 heavy (non-hydrogen) atoms. The lowest BCUT2D eigenvalue weighted by Gasteiger charge is -2.19. The summed E-state index contributed by atoms with van der Waals surface area (Å²) >= 11 is 0. The fourth-order valence-electron chi connectivity index (χ4n) is 4.47. The Balaban J connectivity index is 4.32. The van der Waals surface area contributed by atoms with Gasteiger partial charge in [-0.05, 0) is 32.1 Å². The second-order valence-electron chi connectivity index (χ2n) is 11.5. The molecule has 0 aromatic carbocycles. The van der Waals surface area contributed by atoms with Crippen molar-refractivity contribution >= 4 is 19.8 Å². The zero-order chi connectivity index (χ0) is 34.0. The van der Waals surface area contributed by atoms with E-state index in [0.29, 0.717) is 6.42 Å². The van der Waals surface area contributed by atoms with Gasteiger partial charge in [-0.2, -0.15) is 0 Å². The Hall–Kier alpha value is -2.03. The highest BCUT2D eigenvalue weighted by Crippen LogP contribution is 2.43. The Labute approximate surface area is 279 Å². The molecule has 0 spiro atoms. The minimum absolute atomic E-state index is 0.0478. The number of unbranched alkanes of at least 4 members (excludes halogenated alkanes) is 14. The van der Waals surface area contributed by atoms with Crippen molar-refractivity contribution in [2.45, 2.75) is 142 Å². The Bertz CT molecular complexity index is 902. The molecular weight excluding hydrogens is 605 g/mol. The Morgan fingerprint density at radius 1 is 0.674 bits per heavy atom. The summed E-state index contributed by atoms with van der Waals surface area (Å²) in [6, 6.07) is 0. The number of rotatable bonds is 32. The van der Waals surface area contributed by atoms with Crippen LogP contribution in [0.2, 0.25) is 0 Å². The zero-order valence-electron chi connectivity index (χ0n) is 28.8. The highest BCUT2D eigenvalue weighted by Gasteiger charge is 2.25. The second kappa shape index (κ2) is 32.9. The topological polar surface area (TPSA) is 134 Å². The van der Waals surface area contributed by atoms with Crippen LogP contribution in [0.1, 0.15) is 136 Å². The summed E-state index contributed by atoms with van der Waals surface area (Å²) in [6.07, 6.45) is 34.3. The molecule has 9 nitrogen and oxygen atoms in total. The maximum atomic E-state index is 12.5. The Kier molecular flexibility index (Phi) is 31.4. The number of phosphoric ester groups is 1. The Morgan fingerprint density at radius 2 is 1.20 bits per heavy atom. The van der Waals surface area contributed by atoms with Crippen LogP contribution in [-0.4, -0.2) is 49.3 Å². The van der Waals surface area contributed by atoms with Gasteiger partial charge in [0.2, 0.25) is 0 Å². The van der Waals surface area contributed by atoms with Crippen molar-refractivity contribution in [1.29, 1.82) is 0 Å². The fraction of sp³-hybridized carbons (Fsp3) is 0.722. The van der Waals surface area contributed by atoms with E-state index in [-0.39, 0.29) is 32.6 Å². The van der Waals surface area contributed by atoms with E-state index in [9.17, 15) is 19.0 Å². The number of hydrogen-bond acceptors (Lipinski definition) is 8. The molecular formula is C36H64NO8P. The van der Waals surface area contributed by atoms with E-state index >= 15 is 0 Å². The first-order valence-electron chi connectivity index (χ1n) is 17.7. The third-order valence-corrected chi connectivity index (χ3v) is 8.06. The van der Waals surface area contributed by atoms with Gasteiger partial charge in [0.05, 0.1) is 13.2 Å². The zero-order valence-corrected chi connectivity index (χ0v) is 29.7. The number of esters is 2. The quantitative estimate of drug-likeness (QED) is 0.0311. The average Bonchev–Trinajstić information content (AvgIpc) is 3.04. The SMILES string of the molecule is CC/C=C/C=C/C=C/C=C/CCCCCCCC(=O)O[C@H](COC(=O)CCCCCCCCCCCC)COP(=O)(O)OCCN. The van der Waals surface area contributed by atoms with Crippen LogP contribution in [0.25, 0.3) is 0 Å². The van der Waals surface area contributed by atoms with Crippen molar-refractivity contribution in [3.8, 4) is 0 Å². The van der Waals surface area contributed by atoms with E-state index in [2.05, 4.69) is 32.1 Å². The fourth-order valence-corrected chi connectivity index (χ4v) is 5.23. The van der Waals surface area contributed by atoms with Gasteiger partial charge in [-0.1, -0.05) is 140 Å². The first-order valence-corrected chi connectivity index (χ1v) is 19.2. The molecule has 3 N–H and O–H groups in total.